The Morgan fingerprint density at radius 1 is 1.26 bits per heavy atom. The number of esters is 1. The molecule has 1 atom stereocenters. The SMILES string of the molecule is CC(C)CCOC(=O)C(C)Oc1ccc(-c2csc(N)n2)cc1. The lowest BCUT2D eigenvalue weighted by Gasteiger charge is -2.14. The van der Waals surface area contributed by atoms with Crippen LogP contribution in [0.25, 0.3) is 11.3 Å². The summed E-state index contributed by atoms with van der Waals surface area (Å²) in [6.07, 6.45) is 0.215. The van der Waals surface area contributed by atoms with Gasteiger partial charge in [-0.1, -0.05) is 13.8 Å². The zero-order valence-corrected chi connectivity index (χ0v) is 14.4. The number of hydrogen-bond donors (Lipinski definition) is 1. The highest BCUT2D eigenvalue weighted by atomic mass is 32.1. The van der Waals surface area contributed by atoms with Crippen LogP contribution in [-0.4, -0.2) is 23.7 Å². The second-order valence-corrected chi connectivity index (χ2v) is 6.60. The zero-order valence-electron chi connectivity index (χ0n) is 13.6. The molecule has 0 bridgehead atoms. The average Bonchev–Trinajstić information content (AvgIpc) is 2.94. The normalized spacial score (nSPS) is 12.2. The quantitative estimate of drug-likeness (QED) is 0.781. The minimum Gasteiger partial charge on any atom is -0.479 e. The van der Waals surface area contributed by atoms with E-state index in [1.165, 1.54) is 11.3 Å². The Kier molecular flexibility index (Phi) is 5.98. The molecule has 1 aromatic heterocycles. The van der Waals surface area contributed by atoms with Crippen molar-refractivity contribution in [2.24, 2.45) is 5.92 Å². The Bertz CT molecular complexity index is 638. The van der Waals surface area contributed by atoms with Gasteiger partial charge >= 0.3 is 5.97 Å². The highest BCUT2D eigenvalue weighted by Crippen LogP contribution is 2.25. The Hall–Kier alpha value is -2.08. The number of carbonyl (C=O) groups excluding carboxylic acids is 1. The molecule has 2 rings (SSSR count). The molecular weight excluding hydrogens is 312 g/mol. The van der Waals surface area contributed by atoms with Gasteiger partial charge in [-0.3, -0.25) is 0 Å². The minimum atomic E-state index is -0.636. The smallest absolute Gasteiger partial charge is 0.347 e. The molecule has 0 spiro atoms. The number of thiazole rings is 1. The van der Waals surface area contributed by atoms with Gasteiger partial charge in [0.1, 0.15) is 5.75 Å². The third-order valence-electron chi connectivity index (χ3n) is 3.26. The predicted molar refractivity (Wildman–Crippen MR) is 92.5 cm³/mol. The second-order valence-electron chi connectivity index (χ2n) is 5.71. The molecule has 0 amide bonds. The summed E-state index contributed by atoms with van der Waals surface area (Å²) in [6.45, 7) is 6.29. The number of anilines is 1. The summed E-state index contributed by atoms with van der Waals surface area (Å²) in [6, 6.07) is 7.40. The molecule has 0 radical (unpaired) electrons. The van der Waals surface area contributed by atoms with Gasteiger partial charge in [0.05, 0.1) is 12.3 Å². The van der Waals surface area contributed by atoms with Crippen LogP contribution in [0.4, 0.5) is 5.13 Å². The van der Waals surface area contributed by atoms with Gasteiger partial charge in [0, 0.05) is 10.9 Å². The predicted octanol–water partition coefficient (Wildman–Crippen LogP) is 3.75. The summed E-state index contributed by atoms with van der Waals surface area (Å²) in [5.74, 6) is 0.776. The van der Waals surface area contributed by atoms with Crippen molar-refractivity contribution in [3.63, 3.8) is 0 Å². The lowest BCUT2D eigenvalue weighted by Crippen LogP contribution is -2.26. The summed E-state index contributed by atoms with van der Waals surface area (Å²) in [5.41, 5.74) is 7.42. The molecule has 0 saturated heterocycles. The lowest BCUT2D eigenvalue weighted by atomic mass is 10.1. The van der Waals surface area contributed by atoms with E-state index in [0.717, 1.165) is 17.7 Å². The van der Waals surface area contributed by atoms with Crippen LogP contribution in [0.3, 0.4) is 0 Å². The second kappa shape index (κ2) is 7.97. The van der Waals surface area contributed by atoms with Gasteiger partial charge in [0.2, 0.25) is 0 Å². The van der Waals surface area contributed by atoms with Crippen molar-refractivity contribution in [3.05, 3.63) is 29.6 Å². The Morgan fingerprint density at radius 3 is 2.52 bits per heavy atom. The van der Waals surface area contributed by atoms with Gasteiger partial charge in [-0.2, -0.15) is 0 Å². The number of carbonyl (C=O) groups is 1. The number of aromatic nitrogens is 1. The molecule has 0 aliphatic carbocycles. The number of nitrogen functional groups attached to an aromatic ring is 1. The van der Waals surface area contributed by atoms with Crippen molar-refractivity contribution in [2.45, 2.75) is 33.3 Å². The van der Waals surface area contributed by atoms with E-state index in [-0.39, 0.29) is 5.97 Å². The molecule has 0 aliphatic heterocycles. The maximum Gasteiger partial charge on any atom is 0.347 e. The lowest BCUT2D eigenvalue weighted by molar-refractivity contribution is -0.151. The van der Waals surface area contributed by atoms with Gasteiger partial charge in [-0.05, 0) is 43.5 Å². The summed E-state index contributed by atoms with van der Waals surface area (Å²) in [7, 11) is 0. The maximum atomic E-state index is 11.9. The molecular formula is C17H22N2O3S. The van der Waals surface area contributed by atoms with Crippen LogP contribution >= 0.6 is 11.3 Å². The van der Waals surface area contributed by atoms with Crippen LogP contribution in [0.5, 0.6) is 5.75 Å². The molecule has 0 fully saturated rings. The molecule has 2 aromatic rings. The molecule has 0 saturated carbocycles. The Labute approximate surface area is 140 Å². The van der Waals surface area contributed by atoms with Crippen LogP contribution in [0.1, 0.15) is 27.2 Å². The van der Waals surface area contributed by atoms with Crippen molar-refractivity contribution in [3.8, 4) is 17.0 Å². The number of nitrogens with two attached hydrogens (primary N) is 1. The molecule has 6 heteroatoms. The van der Waals surface area contributed by atoms with Gasteiger partial charge in [0.25, 0.3) is 0 Å². The number of nitrogens with zero attached hydrogens (tertiary/aromatic N) is 1. The van der Waals surface area contributed by atoms with E-state index in [0.29, 0.717) is 23.4 Å². The molecule has 1 heterocycles. The number of benzene rings is 1. The van der Waals surface area contributed by atoms with Crippen LogP contribution in [0.2, 0.25) is 0 Å². The fourth-order valence-electron chi connectivity index (χ4n) is 1.89. The molecule has 124 valence electrons. The summed E-state index contributed by atoms with van der Waals surface area (Å²) >= 11 is 1.40. The monoisotopic (exact) mass is 334 g/mol. The van der Waals surface area contributed by atoms with Crippen LogP contribution in [0, 0.1) is 5.92 Å². The molecule has 23 heavy (non-hydrogen) atoms. The minimum absolute atomic E-state index is 0.345. The average molecular weight is 334 g/mol. The van der Waals surface area contributed by atoms with Crippen molar-refractivity contribution < 1.29 is 14.3 Å². The fraction of sp³-hybridized carbons (Fsp3) is 0.412. The first kappa shape index (κ1) is 17.3. The largest absolute Gasteiger partial charge is 0.479 e. The van der Waals surface area contributed by atoms with Gasteiger partial charge < -0.3 is 15.2 Å². The summed E-state index contributed by atoms with van der Waals surface area (Å²) in [4.78, 5) is 16.1. The third kappa shape index (κ3) is 5.25. The highest BCUT2D eigenvalue weighted by Gasteiger charge is 2.16. The van der Waals surface area contributed by atoms with E-state index in [1.54, 1.807) is 6.92 Å². The summed E-state index contributed by atoms with van der Waals surface area (Å²) < 4.78 is 10.8. The number of hydrogen-bond acceptors (Lipinski definition) is 6. The molecule has 0 aliphatic rings. The maximum absolute atomic E-state index is 11.9. The first-order chi connectivity index (χ1) is 11.0. The van der Waals surface area contributed by atoms with Crippen molar-refractivity contribution in [2.75, 3.05) is 12.3 Å². The van der Waals surface area contributed by atoms with E-state index in [2.05, 4.69) is 18.8 Å². The topological polar surface area (TPSA) is 74.4 Å². The molecule has 2 N–H and O–H groups in total. The van der Waals surface area contributed by atoms with E-state index in [1.807, 2.05) is 29.6 Å². The van der Waals surface area contributed by atoms with Crippen LogP contribution in [-0.2, 0) is 9.53 Å². The van der Waals surface area contributed by atoms with Gasteiger partial charge in [-0.25, -0.2) is 9.78 Å². The summed E-state index contributed by atoms with van der Waals surface area (Å²) in [5, 5.41) is 2.44. The first-order valence-electron chi connectivity index (χ1n) is 7.60. The zero-order chi connectivity index (χ0) is 16.8. The fourth-order valence-corrected chi connectivity index (χ4v) is 2.46. The number of rotatable bonds is 7. The highest BCUT2D eigenvalue weighted by molar-refractivity contribution is 7.13. The van der Waals surface area contributed by atoms with Gasteiger partial charge in [-0.15, -0.1) is 11.3 Å². The third-order valence-corrected chi connectivity index (χ3v) is 3.93. The van der Waals surface area contributed by atoms with Crippen LogP contribution in [0.15, 0.2) is 29.6 Å². The Morgan fingerprint density at radius 2 is 1.96 bits per heavy atom. The van der Waals surface area contributed by atoms with Gasteiger partial charge in [0.15, 0.2) is 11.2 Å². The van der Waals surface area contributed by atoms with E-state index >= 15 is 0 Å². The number of ether oxygens (including phenoxy) is 2. The van der Waals surface area contributed by atoms with Crippen LogP contribution < -0.4 is 10.5 Å². The van der Waals surface area contributed by atoms with E-state index < -0.39 is 6.10 Å². The molecule has 5 nitrogen and oxygen atoms in total. The standard InChI is InChI=1S/C17H22N2O3S/c1-11(2)8-9-21-16(20)12(3)22-14-6-4-13(5-7-14)15-10-23-17(18)19-15/h4-7,10-12H,8-9H2,1-3H3,(H2,18,19). The molecule has 1 unspecified atom stereocenters. The molecule has 1 aromatic carbocycles. The van der Waals surface area contributed by atoms with E-state index in [4.69, 9.17) is 15.2 Å². The van der Waals surface area contributed by atoms with Crippen molar-refractivity contribution >= 4 is 22.4 Å². The Balaban J connectivity index is 1.88. The van der Waals surface area contributed by atoms with E-state index in [9.17, 15) is 4.79 Å². The van der Waals surface area contributed by atoms with Crippen molar-refractivity contribution in [1.82, 2.24) is 4.98 Å². The first-order valence-corrected chi connectivity index (χ1v) is 8.48. The van der Waals surface area contributed by atoms with Crippen molar-refractivity contribution in [1.29, 1.82) is 0 Å².